The van der Waals surface area contributed by atoms with E-state index in [1.807, 2.05) is 22.6 Å². The maximum absolute atomic E-state index is 11.9. The van der Waals surface area contributed by atoms with E-state index in [1.165, 1.54) is 0 Å². The van der Waals surface area contributed by atoms with Crippen LogP contribution in [0.4, 0.5) is 0 Å². The van der Waals surface area contributed by atoms with E-state index in [1.54, 1.807) is 25.3 Å². The number of hydrogen-bond acceptors (Lipinski definition) is 3. The van der Waals surface area contributed by atoms with Gasteiger partial charge in [-0.3, -0.25) is 4.79 Å². The van der Waals surface area contributed by atoms with Gasteiger partial charge in [0.25, 0.3) is 5.56 Å². The van der Waals surface area contributed by atoms with Crippen LogP contribution in [-0.4, -0.2) is 17.1 Å². The fourth-order valence-corrected chi connectivity index (χ4v) is 2.57. The molecule has 1 N–H and O–H groups in total. The summed E-state index contributed by atoms with van der Waals surface area (Å²) in [6.45, 7) is 0.247. The molecule has 1 heterocycles. The summed E-state index contributed by atoms with van der Waals surface area (Å²) in [6, 6.07) is 5.11. The summed E-state index contributed by atoms with van der Waals surface area (Å²) in [7, 11) is 1.54. The van der Waals surface area contributed by atoms with Crippen molar-refractivity contribution < 1.29 is 4.74 Å². The molecule has 0 bridgehead atoms. The van der Waals surface area contributed by atoms with Crippen LogP contribution < -0.4 is 5.56 Å². The summed E-state index contributed by atoms with van der Waals surface area (Å²) >= 11 is 14.1. The molecule has 0 amide bonds. The molecule has 0 aliphatic rings. The van der Waals surface area contributed by atoms with Gasteiger partial charge in [0.15, 0.2) is 0 Å². The van der Waals surface area contributed by atoms with Gasteiger partial charge in [0.05, 0.1) is 27.9 Å². The number of rotatable bonds is 3. The summed E-state index contributed by atoms with van der Waals surface area (Å²) < 4.78 is 5.52. The molecule has 100 valence electrons. The minimum absolute atomic E-state index is 0.242. The van der Waals surface area contributed by atoms with E-state index >= 15 is 0 Å². The normalized spacial score (nSPS) is 10.7. The Balaban J connectivity index is 2.67. The highest BCUT2D eigenvalue weighted by Gasteiger charge is 2.14. The smallest absolute Gasteiger partial charge is 0.264 e. The predicted molar refractivity (Wildman–Crippen MR) is 83.7 cm³/mol. The average Bonchev–Trinajstić information content (AvgIpc) is 2.35. The van der Waals surface area contributed by atoms with E-state index < -0.39 is 0 Å². The number of nitrogens with zero attached hydrogens (tertiary/aromatic N) is 1. The molecule has 4 nitrogen and oxygen atoms in total. The van der Waals surface area contributed by atoms with Crippen molar-refractivity contribution in [2.24, 2.45) is 0 Å². The summed E-state index contributed by atoms with van der Waals surface area (Å²) in [6.07, 6.45) is 0. The van der Waals surface area contributed by atoms with Crippen molar-refractivity contribution in [1.82, 2.24) is 9.97 Å². The molecule has 0 aliphatic carbocycles. The Bertz CT molecular complexity index is 653. The summed E-state index contributed by atoms with van der Waals surface area (Å²) in [5.41, 5.74) is 0.822. The lowest BCUT2D eigenvalue weighted by atomic mass is 10.2. The number of ether oxygens (including phenoxy) is 1. The molecule has 7 heteroatoms. The van der Waals surface area contributed by atoms with Crippen molar-refractivity contribution >= 4 is 45.8 Å². The molecular formula is C12H9Cl2IN2O2. The third-order valence-corrected chi connectivity index (χ3v) is 4.15. The highest BCUT2D eigenvalue weighted by Crippen LogP contribution is 2.32. The zero-order valence-corrected chi connectivity index (χ0v) is 13.5. The summed E-state index contributed by atoms with van der Waals surface area (Å²) in [5.74, 6) is 0.341. The Labute approximate surface area is 133 Å². The van der Waals surface area contributed by atoms with E-state index in [2.05, 4.69) is 9.97 Å². The van der Waals surface area contributed by atoms with Crippen LogP contribution in [0.5, 0.6) is 0 Å². The molecule has 0 saturated heterocycles. The molecule has 0 atom stereocenters. The first-order valence-corrected chi connectivity index (χ1v) is 7.10. The molecule has 19 heavy (non-hydrogen) atoms. The molecule has 0 unspecified atom stereocenters. The largest absolute Gasteiger partial charge is 0.378 e. The molecule has 2 aromatic rings. The number of nitrogens with one attached hydrogen (secondary N) is 1. The molecule has 0 radical (unpaired) electrons. The van der Waals surface area contributed by atoms with Gasteiger partial charge in [-0.2, -0.15) is 0 Å². The fourth-order valence-electron chi connectivity index (χ4n) is 1.58. The topological polar surface area (TPSA) is 55.0 Å². The number of H-pyrrole nitrogens is 1. The minimum atomic E-state index is -0.242. The first-order chi connectivity index (χ1) is 9.04. The van der Waals surface area contributed by atoms with Gasteiger partial charge in [-0.25, -0.2) is 4.98 Å². The predicted octanol–water partition coefficient (Wildman–Crippen LogP) is 3.49. The number of hydrogen-bond donors (Lipinski definition) is 1. The first kappa shape index (κ1) is 14.8. The van der Waals surface area contributed by atoms with E-state index in [0.29, 0.717) is 30.7 Å². The van der Waals surface area contributed by atoms with Crippen LogP contribution in [0.2, 0.25) is 10.0 Å². The van der Waals surface area contributed by atoms with E-state index in [-0.39, 0.29) is 12.2 Å². The lowest BCUT2D eigenvalue weighted by molar-refractivity contribution is 0.180. The zero-order valence-electron chi connectivity index (χ0n) is 9.84. The maximum Gasteiger partial charge on any atom is 0.264 e. The Hall–Kier alpha value is -0.630. The van der Waals surface area contributed by atoms with Gasteiger partial charge in [0, 0.05) is 7.11 Å². The second-order valence-electron chi connectivity index (χ2n) is 3.70. The second kappa shape index (κ2) is 6.21. The van der Waals surface area contributed by atoms with Gasteiger partial charge >= 0.3 is 0 Å². The van der Waals surface area contributed by atoms with Crippen LogP contribution in [0.25, 0.3) is 11.4 Å². The Morgan fingerprint density at radius 3 is 2.58 bits per heavy atom. The Morgan fingerprint density at radius 1 is 1.37 bits per heavy atom. The zero-order chi connectivity index (χ0) is 14.0. The molecular weight excluding hydrogens is 402 g/mol. The van der Waals surface area contributed by atoms with Gasteiger partial charge in [0.1, 0.15) is 9.39 Å². The third-order valence-electron chi connectivity index (χ3n) is 2.41. The van der Waals surface area contributed by atoms with Crippen molar-refractivity contribution in [3.63, 3.8) is 0 Å². The minimum Gasteiger partial charge on any atom is -0.378 e. The van der Waals surface area contributed by atoms with Crippen LogP contribution in [-0.2, 0) is 11.3 Å². The third kappa shape index (κ3) is 3.10. The fraction of sp³-hybridized carbons (Fsp3) is 0.167. The number of halogens is 3. The van der Waals surface area contributed by atoms with Gasteiger partial charge < -0.3 is 9.72 Å². The van der Waals surface area contributed by atoms with Crippen molar-refractivity contribution in [2.45, 2.75) is 6.61 Å². The first-order valence-electron chi connectivity index (χ1n) is 5.26. The Kier molecular flexibility index (Phi) is 4.83. The maximum atomic E-state index is 11.9. The number of methoxy groups -OCH3 is 1. The number of aromatic nitrogens is 2. The molecule has 0 spiro atoms. The van der Waals surface area contributed by atoms with Crippen LogP contribution >= 0.6 is 45.8 Å². The van der Waals surface area contributed by atoms with Gasteiger partial charge in [-0.15, -0.1) is 0 Å². The number of aromatic amines is 1. The van der Waals surface area contributed by atoms with E-state index in [0.717, 1.165) is 0 Å². The average molecular weight is 411 g/mol. The monoisotopic (exact) mass is 410 g/mol. The molecule has 2 rings (SSSR count). The van der Waals surface area contributed by atoms with Crippen molar-refractivity contribution in [3.8, 4) is 11.4 Å². The summed E-state index contributed by atoms with van der Waals surface area (Å²) in [4.78, 5) is 18.9. The molecule has 0 saturated carbocycles. The highest BCUT2D eigenvalue weighted by atomic mass is 127. The lowest BCUT2D eigenvalue weighted by Gasteiger charge is -2.09. The van der Waals surface area contributed by atoms with Gasteiger partial charge in [-0.05, 0) is 34.7 Å². The van der Waals surface area contributed by atoms with E-state index in [9.17, 15) is 4.79 Å². The highest BCUT2D eigenvalue weighted by molar-refractivity contribution is 14.1. The number of benzene rings is 1. The van der Waals surface area contributed by atoms with Crippen LogP contribution in [0.1, 0.15) is 5.69 Å². The Morgan fingerprint density at radius 2 is 2.00 bits per heavy atom. The standard InChI is InChI=1S/C12H9Cl2IN2O2/c1-19-5-8-10(15)12(18)17-11(16-8)9-6(13)3-2-4-7(9)14/h2-4H,5H2,1H3,(H,16,17,18). The van der Waals surface area contributed by atoms with Gasteiger partial charge in [-0.1, -0.05) is 29.3 Å². The molecule has 0 aliphatic heterocycles. The van der Waals surface area contributed by atoms with Crippen LogP contribution in [0.15, 0.2) is 23.0 Å². The van der Waals surface area contributed by atoms with E-state index in [4.69, 9.17) is 27.9 Å². The van der Waals surface area contributed by atoms with Crippen LogP contribution in [0.3, 0.4) is 0 Å². The molecule has 0 fully saturated rings. The van der Waals surface area contributed by atoms with Crippen molar-refractivity contribution in [1.29, 1.82) is 0 Å². The quantitative estimate of drug-likeness (QED) is 0.788. The van der Waals surface area contributed by atoms with Gasteiger partial charge in [0.2, 0.25) is 0 Å². The molecule has 1 aromatic heterocycles. The van der Waals surface area contributed by atoms with Crippen LogP contribution in [0, 0.1) is 3.57 Å². The van der Waals surface area contributed by atoms with Crippen molar-refractivity contribution in [3.05, 3.63) is 47.9 Å². The SMILES string of the molecule is COCc1nc(-c2c(Cl)cccc2Cl)[nH]c(=O)c1I. The summed E-state index contributed by atoms with van der Waals surface area (Å²) in [5, 5.41) is 0.862. The lowest BCUT2D eigenvalue weighted by Crippen LogP contribution is -2.17. The second-order valence-corrected chi connectivity index (χ2v) is 5.60. The molecule has 1 aromatic carbocycles. The van der Waals surface area contributed by atoms with Crippen molar-refractivity contribution in [2.75, 3.05) is 7.11 Å².